The molecule has 0 atom stereocenters. The molecule has 0 aromatic rings. The summed E-state index contributed by atoms with van der Waals surface area (Å²) in [5.41, 5.74) is 0. The van der Waals surface area contributed by atoms with E-state index in [1.54, 1.807) is 20.8 Å². The number of carbonyl (C=O) groups excluding carboxylic acids is 20. The minimum absolute atomic E-state index is 0.00880. The summed E-state index contributed by atoms with van der Waals surface area (Å²) >= 11 is 0. The Labute approximate surface area is 716 Å². The second kappa shape index (κ2) is 108. The number of ketones is 3. The maximum absolute atomic E-state index is 10.7. The van der Waals surface area contributed by atoms with Gasteiger partial charge in [-0.05, 0) is 51.4 Å². The summed E-state index contributed by atoms with van der Waals surface area (Å²) in [4.78, 5) is 209. The lowest BCUT2D eigenvalue weighted by Crippen LogP contribution is -2.27. The van der Waals surface area contributed by atoms with Crippen molar-refractivity contribution in [3.05, 3.63) is 0 Å². The fourth-order valence-corrected chi connectivity index (χ4v) is 5.91. The number of nitrogens with one attached hydrogen (secondary N) is 4. The van der Waals surface area contributed by atoms with Crippen molar-refractivity contribution in [2.75, 3.05) is 215 Å². The zero-order chi connectivity index (χ0) is 96.8. The Morgan fingerprint density at radius 2 is 0.556 bits per heavy atom. The van der Waals surface area contributed by atoms with Crippen LogP contribution in [0.5, 0.6) is 0 Å². The molecule has 0 spiro atoms. The molecule has 0 aromatic heterocycles. The zero-order valence-corrected chi connectivity index (χ0v) is 72.0. The fourth-order valence-electron chi connectivity index (χ4n) is 5.91. The Bertz CT molecular complexity index is 2400. The minimum atomic E-state index is -0.838. The molecule has 0 aromatic carbocycles. The highest BCUT2D eigenvalue weighted by Gasteiger charge is 2.10. The van der Waals surface area contributed by atoms with Crippen LogP contribution >= 0.6 is 0 Å². The quantitative estimate of drug-likeness (QED) is 0.0155. The van der Waals surface area contributed by atoms with Crippen LogP contribution in [0, 0.1) is 0 Å². The highest BCUT2D eigenvalue weighted by atomic mass is 16.7. The number of amides is 4. The van der Waals surface area contributed by atoms with E-state index in [0.29, 0.717) is 103 Å². The normalized spacial score (nSPS) is 9.26. The molecule has 0 heterocycles. The van der Waals surface area contributed by atoms with Gasteiger partial charge in [-0.1, -0.05) is 20.8 Å². The van der Waals surface area contributed by atoms with Crippen LogP contribution in [0.1, 0.15) is 136 Å². The molecule has 124 heavy (non-hydrogen) atoms. The SMILES string of the molecule is CCC(=O)CCCOC(=O)CO.CCC(=O)CCOC(=O)CO.CCC(=O)OCCOC(=O)CO.CNC(=O)CCC(=O)CO.COC(=O)CCCCOC(=O)CO.COC(=O)CCCNC(=O)CO.COC(=O)CCCOC(=O)CO.COC(=O)NCCCCCOC(=O)CO.COC(=O)NCCOCCOC(=O)CO.COC(=O)OCCOC(=O)CO. The molecule has 0 aliphatic carbocycles. The number of alkyl carbamates (subject to hydrolysis) is 2. The summed E-state index contributed by atoms with van der Waals surface area (Å²) in [5.74, 6) is -7.37. The van der Waals surface area contributed by atoms with Crippen molar-refractivity contribution in [1.82, 2.24) is 21.3 Å². The van der Waals surface area contributed by atoms with Crippen molar-refractivity contribution in [1.29, 1.82) is 0 Å². The molecule has 0 rings (SSSR count). The number of aliphatic hydroxyl groups is 10. The maximum atomic E-state index is 10.7. The van der Waals surface area contributed by atoms with Gasteiger partial charge < -0.3 is 153 Å². The number of hydrogen-bond acceptors (Lipinski definition) is 47. The molecule has 0 aliphatic rings. The molecule has 0 bridgehead atoms. The van der Waals surface area contributed by atoms with Crippen LogP contribution in [-0.2, 0) is 162 Å². The summed E-state index contributed by atoms with van der Waals surface area (Å²) in [5, 5.41) is 92.2. The first kappa shape index (κ1) is 134. The van der Waals surface area contributed by atoms with Gasteiger partial charge in [-0.2, -0.15) is 0 Å². The van der Waals surface area contributed by atoms with Crippen molar-refractivity contribution in [3.63, 3.8) is 0 Å². The number of carbonyl (C=O) groups is 20. The van der Waals surface area contributed by atoms with E-state index in [-0.39, 0.29) is 145 Å². The average Bonchev–Trinajstić information content (AvgIpc) is 1.06. The second-order valence-electron chi connectivity index (χ2n) is 21.8. The van der Waals surface area contributed by atoms with Crippen molar-refractivity contribution in [3.8, 4) is 0 Å². The molecular weight excluding hydrogens is 1680 g/mol. The van der Waals surface area contributed by atoms with Gasteiger partial charge in [0, 0.05) is 90.9 Å². The Morgan fingerprint density at radius 3 is 0.919 bits per heavy atom. The van der Waals surface area contributed by atoms with Gasteiger partial charge in [-0.15, -0.1) is 0 Å². The highest BCUT2D eigenvalue weighted by Crippen LogP contribution is 2.00. The molecule has 4 amide bonds. The second-order valence-corrected chi connectivity index (χ2v) is 21.8. The monoisotopic (exact) mass is 1810 g/mol. The topological polar surface area (TPSA) is 749 Å². The van der Waals surface area contributed by atoms with Crippen molar-refractivity contribution < 1.29 is 227 Å². The molecule has 0 saturated carbocycles. The molecule has 0 saturated heterocycles. The molecule has 0 fully saturated rings. The summed E-state index contributed by atoms with van der Waals surface area (Å²) in [6.07, 6.45) is 6.30. The van der Waals surface area contributed by atoms with Crippen LogP contribution < -0.4 is 21.3 Å². The van der Waals surface area contributed by atoms with E-state index in [1.807, 2.05) is 0 Å². The van der Waals surface area contributed by atoms with Gasteiger partial charge in [0.15, 0.2) is 5.78 Å². The molecule has 51 nitrogen and oxygen atoms in total. The summed E-state index contributed by atoms with van der Waals surface area (Å²) < 4.78 is 75.9. The van der Waals surface area contributed by atoms with Gasteiger partial charge in [0.05, 0.1) is 88.9 Å². The van der Waals surface area contributed by atoms with Crippen LogP contribution in [0.2, 0.25) is 0 Å². The number of esters is 12. The zero-order valence-electron chi connectivity index (χ0n) is 72.0. The molecule has 0 radical (unpaired) electrons. The van der Waals surface area contributed by atoms with Crippen molar-refractivity contribution in [2.45, 2.75) is 136 Å². The van der Waals surface area contributed by atoms with Crippen LogP contribution in [-0.4, -0.2) is 385 Å². The molecule has 0 aliphatic heterocycles. The number of methoxy groups -OCH3 is 6. The Morgan fingerprint density at radius 1 is 0.226 bits per heavy atom. The first-order valence-electron chi connectivity index (χ1n) is 37.7. The Hall–Kier alpha value is -11.0. The molecule has 724 valence electrons. The van der Waals surface area contributed by atoms with Gasteiger partial charge in [-0.3, -0.25) is 43.2 Å². The van der Waals surface area contributed by atoms with Gasteiger partial charge in [0.25, 0.3) is 0 Å². The lowest BCUT2D eigenvalue weighted by Gasteiger charge is -2.05. The standard InChI is InChI=1S/C9H17NO5.C8H15NO6.C8H14O5.C8H14O4.C7H13NO4.2C7H12O5.C7H12O4.C6H11NO3.C6H10O6/c1-14-9(13)10-5-3-2-4-6-15-8(12)7-11;1-13-8(12)9-2-3-14-4-5-15-7(11)6-10;1-12-7(10)4-2-3-5-13-8(11)6-9;1-2-7(10)4-3-5-12-8(11)6-9;1-12-7(11)3-2-4-8-6(10)5-9;1-11-6(9)3-2-4-12-7(10)5-8;1-2-6(9)11-3-4-12-7(10)5-8;1-2-6(9)3-4-11-7(10)5-8;1-7-6(10)3-2-5(9)4-8;1-10-6(9)12-3-2-11-5(8)4-7/h11H,2-7H2,1H3,(H,10,13);10H,2-6H2,1H3,(H,9,12);9H,2-6H2,1H3;9H,2-6H2,1H3;9H,2-5H2,1H3,(H,8,10);2*8H,2-5H2,1H3;8H,2-5H2,1H3;8H,2-4H2,1H3,(H,7,10);7H,2-4H2,1H3. The van der Waals surface area contributed by atoms with Gasteiger partial charge >= 0.3 is 90.0 Å². The van der Waals surface area contributed by atoms with Gasteiger partial charge in [-0.25, -0.2) is 52.7 Å². The minimum Gasteiger partial charge on any atom is -0.469 e. The van der Waals surface area contributed by atoms with Gasteiger partial charge in [0.1, 0.15) is 111 Å². The molecule has 0 unspecified atom stereocenters. The van der Waals surface area contributed by atoms with E-state index in [4.69, 9.17) is 55.8 Å². The van der Waals surface area contributed by atoms with E-state index in [9.17, 15) is 95.9 Å². The lowest BCUT2D eigenvalue weighted by molar-refractivity contribution is -0.153. The smallest absolute Gasteiger partial charge is 0.469 e. The van der Waals surface area contributed by atoms with E-state index in [0.717, 1.165) is 12.8 Å². The lowest BCUT2D eigenvalue weighted by atomic mass is 10.2. The number of Topliss-reactive ketones (excluding diaryl/α,β-unsaturated/α-hetero) is 3. The fraction of sp³-hybridized carbons (Fsp3) is 0.726. The molecule has 51 heteroatoms. The third-order valence-corrected chi connectivity index (χ3v) is 12.3. The number of aliphatic hydroxyl groups excluding tert-OH is 10. The third-order valence-electron chi connectivity index (χ3n) is 12.3. The predicted molar refractivity (Wildman–Crippen MR) is 418 cm³/mol. The van der Waals surface area contributed by atoms with E-state index < -0.39 is 138 Å². The maximum Gasteiger partial charge on any atom is 0.508 e. The molecule has 14 N–H and O–H groups in total. The van der Waals surface area contributed by atoms with Crippen LogP contribution in [0.3, 0.4) is 0 Å². The average molecular weight is 1820 g/mol. The number of unbranched alkanes of at least 4 members (excludes halogenated alkanes) is 3. The van der Waals surface area contributed by atoms with Crippen molar-refractivity contribution in [2.24, 2.45) is 0 Å². The van der Waals surface area contributed by atoms with Crippen LogP contribution in [0.4, 0.5) is 14.4 Å². The first-order chi connectivity index (χ1) is 59.0. The first-order valence-corrected chi connectivity index (χ1v) is 37.7. The van der Waals surface area contributed by atoms with E-state index >= 15 is 0 Å². The van der Waals surface area contributed by atoms with Crippen LogP contribution in [0.15, 0.2) is 0 Å². The highest BCUT2D eigenvalue weighted by molar-refractivity contribution is 5.85. The number of hydrogen-bond donors (Lipinski definition) is 14. The third kappa shape index (κ3) is 127. The summed E-state index contributed by atoms with van der Waals surface area (Å²) in [6, 6.07) is 0. The largest absolute Gasteiger partial charge is 0.508 e. The van der Waals surface area contributed by atoms with Crippen molar-refractivity contribution >= 4 is 119 Å². The molecular formula is C73H130N4O47. The Balaban J connectivity index is -0.000000146. The van der Waals surface area contributed by atoms with E-state index in [1.165, 1.54) is 49.7 Å². The van der Waals surface area contributed by atoms with E-state index in [2.05, 4.69) is 97.1 Å². The Kier molecular flexibility index (Phi) is 116. The predicted octanol–water partition coefficient (Wildman–Crippen LogP) is -4.64. The number of rotatable bonds is 54. The summed E-state index contributed by atoms with van der Waals surface area (Å²) in [7, 11) is 9.19. The van der Waals surface area contributed by atoms with Gasteiger partial charge in [0.2, 0.25) is 11.8 Å². The van der Waals surface area contributed by atoms with Crippen LogP contribution in [0.25, 0.3) is 0 Å². The summed E-state index contributed by atoms with van der Waals surface area (Å²) in [6.45, 7) is 1.88. The number of ether oxygens (including phenoxy) is 17.